The number of carbonyl (C=O) groups is 3. The van der Waals surface area contributed by atoms with Gasteiger partial charge in [-0.2, -0.15) is 0 Å². The Hall–Kier alpha value is -2.89. The van der Waals surface area contributed by atoms with Gasteiger partial charge in [0.15, 0.2) is 6.10 Å². The zero-order chi connectivity index (χ0) is 57.8. The Balaban J connectivity index is 4.24. The smallest absolute Gasteiger partial charge is 0.306 e. The monoisotopic (exact) mass is 1120 g/mol. The van der Waals surface area contributed by atoms with Crippen LogP contribution in [0.3, 0.4) is 0 Å². The summed E-state index contributed by atoms with van der Waals surface area (Å²) in [4.78, 5) is 38.4. The van der Waals surface area contributed by atoms with Crippen molar-refractivity contribution in [3.05, 3.63) is 60.8 Å². The normalized spacial score (nSPS) is 12.4. The predicted molar refractivity (Wildman–Crippen MR) is 348 cm³/mol. The third-order valence-corrected chi connectivity index (χ3v) is 15.7. The molecule has 80 heavy (non-hydrogen) atoms. The molecule has 466 valence electrons. The lowest BCUT2D eigenvalue weighted by Crippen LogP contribution is -2.30. The van der Waals surface area contributed by atoms with Crippen LogP contribution in [0.25, 0.3) is 0 Å². The molecule has 0 amide bonds. The maximum atomic E-state index is 12.9. The first-order chi connectivity index (χ1) is 39.5. The molecule has 1 unspecified atom stereocenters. The minimum atomic E-state index is -0.782. The minimum Gasteiger partial charge on any atom is -0.462 e. The third-order valence-electron chi connectivity index (χ3n) is 15.7. The van der Waals surface area contributed by atoms with Crippen LogP contribution in [-0.2, 0) is 28.6 Å². The number of unbranched alkanes of at least 4 members (excludes halogenated alkanes) is 44. The number of ether oxygens (including phenoxy) is 3. The Morgan fingerprint density at radius 1 is 0.250 bits per heavy atom. The third kappa shape index (κ3) is 65.9. The van der Waals surface area contributed by atoms with Crippen LogP contribution in [-0.4, -0.2) is 37.2 Å². The van der Waals surface area contributed by atoms with Crippen molar-refractivity contribution in [2.45, 2.75) is 380 Å². The molecular weight excluding hydrogens is 985 g/mol. The van der Waals surface area contributed by atoms with E-state index in [1.54, 1.807) is 0 Å². The molecule has 6 heteroatoms. The van der Waals surface area contributed by atoms with E-state index in [4.69, 9.17) is 14.2 Å². The SMILES string of the molecule is CCCCC/C=C\C/C=C\CCCCCCCCCC(=O)OC(COC(=O)CCCCCCC/C=C\CCCCCCCCC)COC(=O)CCCCCCCCCCCCCCCCCCC/C=C\C/C=C\CCCCCCC. The number of hydrogen-bond acceptors (Lipinski definition) is 6. The second kappa shape index (κ2) is 68.6. The van der Waals surface area contributed by atoms with Crippen LogP contribution in [0.4, 0.5) is 0 Å². The first-order valence-corrected chi connectivity index (χ1v) is 35.3. The Kier molecular flexibility index (Phi) is 66.1. The van der Waals surface area contributed by atoms with Crippen molar-refractivity contribution in [1.29, 1.82) is 0 Å². The summed E-state index contributed by atoms with van der Waals surface area (Å²) in [7, 11) is 0. The molecule has 0 rings (SSSR count). The predicted octanol–water partition coefficient (Wildman–Crippen LogP) is 24.3. The molecule has 0 bridgehead atoms. The van der Waals surface area contributed by atoms with Gasteiger partial charge in [-0.05, 0) is 109 Å². The van der Waals surface area contributed by atoms with Crippen LogP contribution >= 0.6 is 0 Å². The van der Waals surface area contributed by atoms with E-state index in [2.05, 4.69) is 81.5 Å². The lowest BCUT2D eigenvalue weighted by atomic mass is 10.0. The van der Waals surface area contributed by atoms with Crippen LogP contribution in [0.1, 0.15) is 374 Å². The average Bonchev–Trinajstić information content (AvgIpc) is 3.46. The van der Waals surface area contributed by atoms with Gasteiger partial charge < -0.3 is 14.2 Å². The topological polar surface area (TPSA) is 78.9 Å². The van der Waals surface area contributed by atoms with Gasteiger partial charge in [0.25, 0.3) is 0 Å². The van der Waals surface area contributed by atoms with Crippen molar-refractivity contribution in [3.63, 3.8) is 0 Å². The van der Waals surface area contributed by atoms with Crippen LogP contribution in [0.15, 0.2) is 60.8 Å². The summed E-state index contributed by atoms with van der Waals surface area (Å²) in [5.74, 6) is -0.871. The van der Waals surface area contributed by atoms with Gasteiger partial charge in [-0.1, -0.05) is 306 Å². The molecule has 0 aliphatic rings. The van der Waals surface area contributed by atoms with E-state index in [0.29, 0.717) is 19.3 Å². The van der Waals surface area contributed by atoms with Crippen molar-refractivity contribution < 1.29 is 28.6 Å². The zero-order valence-corrected chi connectivity index (χ0v) is 53.6. The summed E-state index contributed by atoms with van der Waals surface area (Å²) in [5.41, 5.74) is 0. The van der Waals surface area contributed by atoms with E-state index in [-0.39, 0.29) is 31.1 Å². The number of rotatable bonds is 65. The van der Waals surface area contributed by atoms with Gasteiger partial charge in [-0.3, -0.25) is 14.4 Å². The van der Waals surface area contributed by atoms with Crippen molar-refractivity contribution in [2.24, 2.45) is 0 Å². The van der Waals surface area contributed by atoms with Gasteiger partial charge in [0.2, 0.25) is 0 Å². The molecule has 1 atom stereocenters. The number of carbonyl (C=O) groups excluding carboxylic acids is 3. The van der Waals surface area contributed by atoms with Crippen LogP contribution < -0.4 is 0 Å². The van der Waals surface area contributed by atoms with Crippen molar-refractivity contribution in [2.75, 3.05) is 13.2 Å². The fraction of sp³-hybridized carbons (Fsp3) is 0.824. The summed E-state index contributed by atoms with van der Waals surface area (Å²) in [6.45, 7) is 6.64. The highest BCUT2D eigenvalue weighted by molar-refractivity contribution is 5.71. The maximum Gasteiger partial charge on any atom is 0.306 e. The summed E-state index contributed by atoms with van der Waals surface area (Å²) in [6, 6.07) is 0. The summed E-state index contributed by atoms with van der Waals surface area (Å²) in [5, 5.41) is 0. The lowest BCUT2D eigenvalue weighted by molar-refractivity contribution is -0.167. The van der Waals surface area contributed by atoms with Gasteiger partial charge in [0.05, 0.1) is 0 Å². The highest BCUT2D eigenvalue weighted by atomic mass is 16.6. The second-order valence-corrected chi connectivity index (χ2v) is 23.8. The number of allylic oxidation sites excluding steroid dienone is 10. The van der Waals surface area contributed by atoms with Crippen LogP contribution in [0, 0.1) is 0 Å². The van der Waals surface area contributed by atoms with Gasteiger partial charge >= 0.3 is 17.9 Å². The van der Waals surface area contributed by atoms with Crippen molar-refractivity contribution in [1.82, 2.24) is 0 Å². The Morgan fingerprint density at radius 3 is 0.725 bits per heavy atom. The molecule has 6 nitrogen and oxygen atoms in total. The molecular formula is C74H134O6. The Morgan fingerprint density at radius 2 is 0.450 bits per heavy atom. The standard InChI is InChI=1S/C74H134O6/c1-4-7-10-13-16-19-22-25-28-31-32-33-34-35-36-37-38-39-40-41-42-44-46-49-52-55-58-61-64-67-73(76)79-70-71(69-78-72(75)66-63-60-57-54-51-48-45-30-27-24-21-18-15-12-9-6-3)80-74(77)68-65-62-59-56-53-50-47-43-29-26-23-20-17-14-11-8-5-2/h17,20,22,25-26,29-32,45,71H,4-16,18-19,21,23-24,27-28,33-44,46-70H2,1-3H3/b20-17-,25-22-,29-26-,32-31-,45-30-. The summed E-state index contributed by atoms with van der Waals surface area (Å²) < 4.78 is 17.0. The molecule has 0 fully saturated rings. The van der Waals surface area contributed by atoms with Crippen molar-refractivity contribution >= 4 is 17.9 Å². The summed E-state index contributed by atoms with van der Waals surface area (Å²) >= 11 is 0. The van der Waals surface area contributed by atoms with E-state index in [9.17, 15) is 14.4 Å². The van der Waals surface area contributed by atoms with Gasteiger partial charge in [-0.15, -0.1) is 0 Å². The highest BCUT2D eigenvalue weighted by Crippen LogP contribution is 2.17. The molecule has 0 aliphatic heterocycles. The van der Waals surface area contributed by atoms with Gasteiger partial charge in [-0.25, -0.2) is 0 Å². The highest BCUT2D eigenvalue weighted by Gasteiger charge is 2.19. The first-order valence-electron chi connectivity index (χ1n) is 35.3. The fourth-order valence-corrected chi connectivity index (χ4v) is 10.4. The first kappa shape index (κ1) is 77.1. The largest absolute Gasteiger partial charge is 0.462 e. The van der Waals surface area contributed by atoms with Crippen LogP contribution in [0.5, 0.6) is 0 Å². The number of esters is 3. The molecule has 0 spiro atoms. The van der Waals surface area contributed by atoms with E-state index >= 15 is 0 Å². The Bertz CT molecular complexity index is 1430. The van der Waals surface area contributed by atoms with E-state index in [0.717, 1.165) is 83.5 Å². The number of hydrogen-bond donors (Lipinski definition) is 0. The lowest BCUT2D eigenvalue weighted by Gasteiger charge is -2.18. The maximum absolute atomic E-state index is 12.9. The Labute approximate surface area is 498 Å². The molecule has 0 N–H and O–H groups in total. The molecule has 0 radical (unpaired) electrons. The molecule has 0 aliphatic carbocycles. The second-order valence-electron chi connectivity index (χ2n) is 23.8. The van der Waals surface area contributed by atoms with Crippen LogP contribution in [0.2, 0.25) is 0 Å². The van der Waals surface area contributed by atoms with E-state index in [1.807, 2.05) is 0 Å². The van der Waals surface area contributed by atoms with E-state index < -0.39 is 6.10 Å². The van der Waals surface area contributed by atoms with E-state index in [1.165, 1.54) is 250 Å². The summed E-state index contributed by atoms with van der Waals surface area (Å²) in [6.07, 6.45) is 88.2. The molecule has 0 aromatic carbocycles. The molecule has 0 saturated carbocycles. The van der Waals surface area contributed by atoms with Crippen molar-refractivity contribution in [3.8, 4) is 0 Å². The quantitative estimate of drug-likeness (QED) is 0.0261. The van der Waals surface area contributed by atoms with Gasteiger partial charge in [0.1, 0.15) is 13.2 Å². The molecule has 0 aromatic heterocycles. The molecule has 0 saturated heterocycles. The average molecular weight is 1120 g/mol. The van der Waals surface area contributed by atoms with Gasteiger partial charge in [0, 0.05) is 19.3 Å². The molecule has 0 heterocycles. The zero-order valence-electron chi connectivity index (χ0n) is 53.6. The molecule has 0 aromatic rings. The fourth-order valence-electron chi connectivity index (χ4n) is 10.4. The minimum absolute atomic E-state index is 0.0768.